The molecule has 2 saturated heterocycles. The molecule has 2 fully saturated rings. The summed E-state index contributed by atoms with van der Waals surface area (Å²) in [6, 6.07) is -1.64. The smallest absolute Gasteiger partial charge is 0.457 e. The summed E-state index contributed by atoms with van der Waals surface area (Å²) >= 11 is 0. The number of carboxylic acid groups (broad SMARTS) is 1. The highest BCUT2D eigenvalue weighted by atomic mass is 16.7. The molecule has 3 atom stereocenters. The molecule has 0 spiro atoms. The maximum atomic E-state index is 12.5. The number of carbonyl (C=O) groups is 3. The molecule has 2 aliphatic heterocycles. The Morgan fingerprint density at radius 2 is 1.70 bits per heavy atom. The lowest BCUT2D eigenvalue weighted by atomic mass is 9.82. The first-order chi connectivity index (χ1) is 16.9. The van der Waals surface area contributed by atoms with Crippen molar-refractivity contribution in [1.29, 1.82) is 0 Å². The number of nitrogens with one attached hydrogen (secondary N) is 3. The third kappa shape index (κ3) is 11.6. The Labute approximate surface area is 223 Å². The molecule has 4 N–H and O–H groups in total. The minimum Gasteiger partial charge on any atom is -0.480 e. The van der Waals surface area contributed by atoms with Gasteiger partial charge in [-0.05, 0) is 73.5 Å². The molecule has 3 unspecified atom stereocenters. The Morgan fingerprint density at radius 1 is 1.14 bits per heavy atom. The second-order valence-electron chi connectivity index (χ2n) is 12.4. The number of unbranched alkanes of at least 4 members (excludes halogenated alkanes) is 1. The standard InChI is InChI=1S/C16H29N3O5.C10H21BO2/c1-9(2)6-11(19-15(23)24-16(3,4)5)13(20)18-10-7-12(14(21)22)17-8-10;1-6-7-8-11-12-9(2,3)10(4,5)13-11/h9-12,17H,6-8H2,1-5H3,(H,18,20)(H,19,23)(H,21,22);6-8H2,1-5H3. The Kier molecular flexibility index (Phi) is 12.4. The van der Waals surface area contributed by atoms with E-state index >= 15 is 0 Å². The summed E-state index contributed by atoms with van der Waals surface area (Å²) in [6.45, 7) is 20.1. The number of alkyl carbamates (subject to hydrolysis) is 1. The number of ether oxygens (including phenoxy) is 1. The van der Waals surface area contributed by atoms with Gasteiger partial charge in [-0.15, -0.1) is 0 Å². The topological polar surface area (TPSA) is 135 Å². The first-order valence-electron chi connectivity index (χ1n) is 13.5. The van der Waals surface area contributed by atoms with Gasteiger partial charge in [0, 0.05) is 12.6 Å². The molecule has 0 aromatic heterocycles. The summed E-state index contributed by atoms with van der Waals surface area (Å²) in [7, 11) is 0.00458. The Morgan fingerprint density at radius 3 is 2.14 bits per heavy atom. The predicted molar refractivity (Wildman–Crippen MR) is 144 cm³/mol. The first kappa shape index (κ1) is 33.2. The van der Waals surface area contributed by atoms with Crippen LogP contribution in [-0.2, 0) is 23.6 Å². The summed E-state index contributed by atoms with van der Waals surface area (Å²) in [5.74, 6) is -1.06. The molecule has 0 radical (unpaired) electrons. The van der Waals surface area contributed by atoms with Crippen molar-refractivity contribution in [1.82, 2.24) is 16.0 Å². The van der Waals surface area contributed by atoms with Crippen molar-refractivity contribution < 1.29 is 33.5 Å². The predicted octanol–water partition coefficient (Wildman–Crippen LogP) is 3.74. The number of aliphatic carboxylic acids is 1. The van der Waals surface area contributed by atoms with E-state index in [0.29, 0.717) is 19.4 Å². The van der Waals surface area contributed by atoms with Crippen LogP contribution in [0.4, 0.5) is 4.79 Å². The van der Waals surface area contributed by atoms with Crippen LogP contribution in [0.2, 0.25) is 6.32 Å². The molecule has 2 amide bonds. The van der Waals surface area contributed by atoms with E-state index in [4.69, 9.17) is 19.2 Å². The van der Waals surface area contributed by atoms with Gasteiger partial charge in [0.25, 0.3) is 0 Å². The van der Waals surface area contributed by atoms with Crippen molar-refractivity contribution in [2.24, 2.45) is 5.92 Å². The van der Waals surface area contributed by atoms with Crippen LogP contribution in [0.5, 0.6) is 0 Å². The fourth-order valence-corrected chi connectivity index (χ4v) is 3.94. The highest BCUT2D eigenvalue weighted by Gasteiger charge is 2.50. The minimum absolute atomic E-state index is 0.00458. The lowest BCUT2D eigenvalue weighted by molar-refractivity contribution is -0.139. The van der Waals surface area contributed by atoms with Crippen LogP contribution in [0.3, 0.4) is 0 Å². The van der Waals surface area contributed by atoms with Gasteiger partial charge in [-0.2, -0.15) is 0 Å². The number of rotatable bonds is 9. The molecule has 0 bridgehead atoms. The van der Waals surface area contributed by atoms with E-state index in [1.807, 2.05) is 13.8 Å². The molecule has 10 nitrogen and oxygen atoms in total. The largest absolute Gasteiger partial charge is 0.480 e. The monoisotopic (exact) mass is 527 g/mol. The summed E-state index contributed by atoms with van der Waals surface area (Å²) in [5.41, 5.74) is -0.968. The van der Waals surface area contributed by atoms with Gasteiger partial charge in [-0.25, -0.2) is 4.79 Å². The van der Waals surface area contributed by atoms with Gasteiger partial charge < -0.3 is 35.1 Å². The van der Waals surface area contributed by atoms with Gasteiger partial charge in [0.2, 0.25) is 5.91 Å². The molecule has 0 aromatic rings. The van der Waals surface area contributed by atoms with E-state index in [2.05, 4.69) is 50.6 Å². The maximum Gasteiger partial charge on any atom is 0.457 e. The second kappa shape index (κ2) is 13.8. The molecule has 0 aliphatic carbocycles. The molecule has 0 saturated carbocycles. The third-order valence-electron chi connectivity index (χ3n) is 6.59. The van der Waals surface area contributed by atoms with Crippen molar-refractivity contribution in [3.8, 4) is 0 Å². The molecular weight excluding hydrogens is 477 g/mol. The van der Waals surface area contributed by atoms with Crippen LogP contribution in [0.25, 0.3) is 0 Å². The minimum atomic E-state index is -0.933. The van der Waals surface area contributed by atoms with Gasteiger partial charge in [0.15, 0.2) is 0 Å². The summed E-state index contributed by atoms with van der Waals surface area (Å²) in [4.78, 5) is 35.3. The van der Waals surface area contributed by atoms with Crippen molar-refractivity contribution >= 4 is 25.1 Å². The van der Waals surface area contributed by atoms with Gasteiger partial charge in [-0.1, -0.05) is 33.6 Å². The van der Waals surface area contributed by atoms with E-state index in [1.165, 1.54) is 12.8 Å². The quantitative estimate of drug-likeness (QED) is 0.333. The maximum absolute atomic E-state index is 12.5. The Hall–Kier alpha value is -1.85. The van der Waals surface area contributed by atoms with Gasteiger partial charge in [-0.3, -0.25) is 9.59 Å². The van der Waals surface area contributed by atoms with E-state index < -0.39 is 29.7 Å². The van der Waals surface area contributed by atoms with E-state index in [1.54, 1.807) is 20.8 Å². The first-order valence-corrected chi connectivity index (χ1v) is 13.5. The van der Waals surface area contributed by atoms with E-state index in [-0.39, 0.29) is 36.2 Å². The molecule has 0 aromatic carbocycles. The van der Waals surface area contributed by atoms with Gasteiger partial charge >= 0.3 is 19.2 Å². The van der Waals surface area contributed by atoms with Crippen molar-refractivity contribution in [3.05, 3.63) is 0 Å². The van der Waals surface area contributed by atoms with Gasteiger partial charge in [0.05, 0.1) is 11.2 Å². The van der Waals surface area contributed by atoms with Crippen LogP contribution >= 0.6 is 0 Å². The van der Waals surface area contributed by atoms with Gasteiger partial charge in [0.1, 0.15) is 17.7 Å². The zero-order chi connectivity index (χ0) is 28.6. The van der Waals surface area contributed by atoms with Crippen molar-refractivity contribution in [2.45, 2.75) is 136 Å². The number of hydrogen-bond acceptors (Lipinski definition) is 7. The highest BCUT2D eigenvalue weighted by Crippen LogP contribution is 2.38. The fourth-order valence-electron chi connectivity index (χ4n) is 3.94. The third-order valence-corrected chi connectivity index (χ3v) is 6.59. The average Bonchev–Trinajstić information content (AvgIpc) is 3.26. The zero-order valence-electron chi connectivity index (χ0n) is 24.5. The fraction of sp³-hybridized carbons (Fsp3) is 0.885. The molecule has 2 heterocycles. The summed E-state index contributed by atoms with van der Waals surface area (Å²) in [5, 5.41) is 17.2. The lowest BCUT2D eigenvalue weighted by Crippen LogP contribution is -2.51. The lowest BCUT2D eigenvalue weighted by Gasteiger charge is -2.32. The molecule has 2 rings (SSSR count). The Bertz CT molecular complexity index is 752. The molecule has 11 heteroatoms. The van der Waals surface area contributed by atoms with Crippen molar-refractivity contribution in [2.75, 3.05) is 6.54 Å². The Balaban J connectivity index is 0.000000442. The summed E-state index contributed by atoms with van der Waals surface area (Å²) in [6.07, 6.45) is 3.54. The zero-order valence-corrected chi connectivity index (χ0v) is 24.5. The average molecular weight is 528 g/mol. The highest BCUT2D eigenvalue weighted by molar-refractivity contribution is 6.45. The number of amides is 2. The van der Waals surface area contributed by atoms with Crippen LogP contribution in [0, 0.1) is 5.92 Å². The summed E-state index contributed by atoms with van der Waals surface area (Å²) < 4.78 is 16.9. The SMILES string of the molecule is CC(C)CC(NC(=O)OC(C)(C)C)C(=O)NC1CNC(C(=O)O)C1.CCCCB1OC(C)(C)C(C)(C)O1. The van der Waals surface area contributed by atoms with Crippen LogP contribution in [0.15, 0.2) is 0 Å². The molecule has 2 aliphatic rings. The second-order valence-corrected chi connectivity index (χ2v) is 12.4. The normalized spacial score (nSPS) is 23.2. The number of hydrogen-bond donors (Lipinski definition) is 4. The van der Waals surface area contributed by atoms with Crippen molar-refractivity contribution in [3.63, 3.8) is 0 Å². The van der Waals surface area contributed by atoms with E-state index in [9.17, 15) is 14.4 Å². The molecular formula is C26H50BN3O7. The van der Waals surface area contributed by atoms with Crippen LogP contribution in [-0.4, -0.2) is 71.7 Å². The number of carboxylic acids is 1. The molecule has 214 valence electrons. The molecule has 37 heavy (non-hydrogen) atoms. The van der Waals surface area contributed by atoms with Crippen LogP contribution < -0.4 is 16.0 Å². The van der Waals surface area contributed by atoms with E-state index in [0.717, 1.165) is 6.32 Å². The van der Waals surface area contributed by atoms with Crippen LogP contribution in [0.1, 0.15) is 94.9 Å². The number of carbonyl (C=O) groups excluding carboxylic acids is 2.